The molecule has 0 saturated heterocycles. The Labute approximate surface area is 97.6 Å². The lowest BCUT2D eigenvalue weighted by Gasteiger charge is -2.00. The molecule has 3 heteroatoms. The van der Waals surface area contributed by atoms with Crippen LogP contribution in [0.3, 0.4) is 0 Å². The second-order valence-corrected chi connectivity index (χ2v) is 4.58. The number of aryl methyl sites for hydroxylation is 1. The number of hydrogen-bond acceptors (Lipinski definition) is 2. The predicted molar refractivity (Wildman–Crippen MR) is 63.5 cm³/mol. The molecule has 0 bridgehead atoms. The van der Waals surface area contributed by atoms with E-state index in [0.717, 1.165) is 16.0 Å². The van der Waals surface area contributed by atoms with Crippen LogP contribution in [0.4, 0.5) is 4.39 Å². The van der Waals surface area contributed by atoms with Crippen molar-refractivity contribution in [2.24, 2.45) is 0 Å². The van der Waals surface area contributed by atoms with E-state index in [9.17, 15) is 9.18 Å². The zero-order valence-corrected chi connectivity index (χ0v) is 9.68. The smallest absolute Gasteiger partial charge is 0.177 e. The molecule has 1 heterocycles. The lowest BCUT2D eigenvalue weighted by atomic mass is 10.1. The van der Waals surface area contributed by atoms with Gasteiger partial charge in [0.1, 0.15) is 5.82 Å². The molecule has 1 aromatic heterocycles. The minimum atomic E-state index is -0.275. The predicted octanol–water partition coefficient (Wildman–Crippen LogP) is 3.62. The second kappa shape index (κ2) is 4.58. The molecule has 0 N–H and O–H groups in total. The van der Waals surface area contributed by atoms with E-state index in [1.807, 2.05) is 18.4 Å². The van der Waals surface area contributed by atoms with Gasteiger partial charge in [0.15, 0.2) is 5.78 Å². The zero-order valence-electron chi connectivity index (χ0n) is 8.87. The molecule has 0 aliphatic rings. The summed E-state index contributed by atoms with van der Waals surface area (Å²) in [7, 11) is 0. The number of Topliss-reactive ketones (excluding diaryl/α,β-unsaturated/α-hetero) is 1. The first-order valence-corrected chi connectivity index (χ1v) is 5.86. The van der Waals surface area contributed by atoms with Crippen molar-refractivity contribution in [2.45, 2.75) is 13.3 Å². The molecule has 0 aliphatic carbocycles. The summed E-state index contributed by atoms with van der Waals surface area (Å²) < 4.78 is 12.7. The third-order valence-corrected chi connectivity index (χ3v) is 3.45. The summed E-state index contributed by atoms with van der Waals surface area (Å²) in [4.78, 5) is 12.7. The lowest BCUT2D eigenvalue weighted by Crippen LogP contribution is -2.02. The Hall–Kier alpha value is -1.48. The molecule has 0 radical (unpaired) electrons. The molecule has 0 aliphatic heterocycles. The van der Waals surface area contributed by atoms with Crippen LogP contribution in [0.5, 0.6) is 0 Å². The van der Waals surface area contributed by atoms with Crippen LogP contribution in [-0.2, 0) is 6.42 Å². The van der Waals surface area contributed by atoms with Gasteiger partial charge < -0.3 is 0 Å². The number of thiophene rings is 1. The molecule has 0 saturated carbocycles. The van der Waals surface area contributed by atoms with Gasteiger partial charge in [-0.2, -0.15) is 0 Å². The summed E-state index contributed by atoms with van der Waals surface area (Å²) in [5.74, 6) is -0.178. The number of carbonyl (C=O) groups is 1. The SMILES string of the molecule is Cc1ccsc1C(=O)Cc1ccc(F)cc1. The molecule has 16 heavy (non-hydrogen) atoms. The van der Waals surface area contributed by atoms with Gasteiger partial charge in [-0.05, 0) is 41.6 Å². The summed E-state index contributed by atoms with van der Waals surface area (Å²) >= 11 is 1.46. The maximum atomic E-state index is 12.7. The number of halogens is 1. The topological polar surface area (TPSA) is 17.1 Å². The third-order valence-electron chi connectivity index (χ3n) is 2.39. The molecule has 2 rings (SSSR count). The first-order chi connectivity index (χ1) is 7.66. The molecule has 0 fully saturated rings. The van der Waals surface area contributed by atoms with Crippen molar-refractivity contribution in [3.63, 3.8) is 0 Å². The van der Waals surface area contributed by atoms with Crippen LogP contribution in [0.15, 0.2) is 35.7 Å². The molecule has 1 nitrogen and oxygen atoms in total. The van der Waals surface area contributed by atoms with Crippen molar-refractivity contribution in [3.8, 4) is 0 Å². The summed E-state index contributed by atoms with van der Waals surface area (Å²) in [6.45, 7) is 1.92. The van der Waals surface area contributed by atoms with Crippen molar-refractivity contribution in [3.05, 3.63) is 57.5 Å². The minimum absolute atomic E-state index is 0.0964. The van der Waals surface area contributed by atoms with Gasteiger partial charge in [0.2, 0.25) is 0 Å². The van der Waals surface area contributed by atoms with E-state index in [2.05, 4.69) is 0 Å². The first-order valence-electron chi connectivity index (χ1n) is 4.98. The summed E-state index contributed by atoms with van der Waals surface area (Å²) in [6, 6.07) is 7.99. The van der Waals surface area contributed by atoms with E-state index in [4.69, 9.17) is 0 Å². The minimum Gasteiger partial charge on any atom is -0.293 e. The van der Waals surface area contributed by atoms with E-state index in [1.165, 1.54) is 23.5 Å². The van der Waals surface area contributed by atoms with Crippen LogP contribution in [-0.4, -0.2) is 5.78 Å². The average Bonchev–Trinajstić information content (AvgIpc) is 2.68. The summed E-state index contributed by atoms with van der Waals surface area (Å²) in [5.41, 5.74) is 1.86. The van der Waals surface area contributed by atoms with Crippen molar-refractivity contribution >= 4 is 17.1 Å². The highest BCUT2D eigenvalue weighted by molar-refractivity contribution is 7.12. The lowest BCUT2D eigenvalue weighted by molar-refractivity contribution is 0.0996. The fourth-order valence-electron chi connectivity index (χ4n) is 1.53. The zero-order chi connectivity index (χ0) is 11.5. The standard InChI is InChI=1S/C13H11FOS/c1-9-6-7-16-13(9)12(15)8-10-2-4-11(14)5-3-10/h2-7H,8H2,1H3. The van der Waals surface area contributed by atoms with Gasteiger partial charge in [-0.25, -0.2) is 4.39 Å². The maximum absolute atomic E-state index is 12.7. The van der Waals surface area contributed by atoms with E-state index in [1.54, 1.807) is 12.1 Å². The third kappa shape index (κ3) is 2.36. The van der Waals surface area contributed by atoms with E-state index in [-0.39, 0.29) is 11.6 Å². The van der Waals surface area contributed by atoms with E-state index in [0.29, 0.717) is 6.42 Å². The number of benzene rings is 1. The number of carbonyl (C=O) groups excluding carboxylic acids is 1. The summed E-state index contributed by atoms with van der Waals surface area (Å²) in [5, 5.41) is 1.91. The highest BCUT2D eigenvalue weighted by Gasteiger charge is 2.10. The van der Waals surface area contributed by atoms with Gasteiger partial charge in [-0.15, -0.1) is 11.3 Å². The van der Waals surface area contributed by atoms with Gasteiger partial charge in [0.05, 0.1) is 4.88 Å². The fourth-order valence-corrected chi connectivity index (χ4v) is 2.39. The molecular formula is C13H11FOS. The van der Waals surface area contributed by atoms with E-state index >= 15 is 0 Å². The number of hydrogen-bond donors (Lipinski definition) is 0. The van der Waals surface area contributed by atoms with Crippen molar-refractivity contribution in [1.82, 2.24) is 0 Å². The first kappa shape index (κ1) is 11.0. The Kier molecular flexibility index (Phi) is 3.15. The van der Waals surface area contributed by atoms with Crippen LogP contribution in [0, 0.1) is 12.7 Å². The highest BCUT2D eigenvalue weighted by atomic mass is 32.1. The number of ketones is 1. The largest absolute Gasteiger partial charge is 0.293 e. The molecule has 0 spiro atoms. The van der Waals surface area contributed by atoms with Crippen LogP contribution < -0.4 is 0 Å². The normalized spacial score (nSPS) is 10.4. The maximum Gasteiger partial charge on any atom is 0.177 e. The van der Waals surface area contributed by atoms with Crippen molar-refractivity contribution in [1.29, 1.82) is 0 Å². The molecule has 0 unspecified atom stereocenters. The fraction of sp³-hybridized carbons (Fsp3) is 0.154. The molecule has 0 amide bonds. The Morgan fingerprint density at radius 3 is 2.50 bits per heavy atom. The Bertz CT molecular complexity index is 499. The van der Waals surface area contributed by atoms with Gasteiger partial charge in [-0.3, -0.25) is 4.79 Å². The Morgan fingerprint density at radius 2 is 1.94 bits per heavy atom. The average molecular weight is 234 g/mol. The summed E-state index contributed by atoms with van der Waals surface area (Å²) in [6.07, 6.45) is 0.335. The van der Waals surface area contributed by atoms with Crippen LogP contribution >= 0.6 is 11.3 Å². The molecular weight excluding hydrogens is 223 g/mol. The molecule has 2 aromatic rings. The van der Waals surface area contributed by atoms with Gasteiger partial charge in [-0.1, -0.05) is 12.1 Å². The van der Waals surface area contributed by atoms with Crippen LogP contribution in [0.1, 0.15) is 20.8 Å². The van der Waals surface area contributed by atoms with Crippen molar-refractivity contribution in [2.75, 3.05) is 0 Å². The van der Waals surface area contributed by atoms with Gasteiger partial charge in [0, 0.05) is 6.42 Å². The second-order valence-electron chi connectivity index (χ2n) is 3.66. The quantitative estimate of drug-likeness (QED) is 0.741. The monoisotopic (exact) mass is 234 g/mol. The van der Waals surface area contributed by atoms with Gasteiger partial charge in [0.25, 0.3) is 0 Å². The highest BCUT2D eigenvalue weighted by Crippen LogP contribution is 2.18. The van der Waals surface area contributed by atoms with Crippen molar-refractivity contribution < 1.29 is 9.18 Å². The van der Waals surface area contributed by atoms with Crippen LogP contribution in [0.2, 0.25) is 0 Å². The molecule has 82 valence electrons. The van der Waals surface area contributed by atoms with Crippen LogP contribution in [0.25, 0.3) is 0 Å². The Morgan fingerprint density at radius 1 is 1.25 bits per heavy atom. The van der Waals surface area contributed by atoms with E-state index < -0.39 is 0 Å². The Balaban J connectivity index is 2.14. The van der Waals surface area contributed by atoms with Gasteiger partial charge >= 0.3 is 0 Å². The number of rotatable bonds is 3. The molecule has 0 atom stereocenters. The molecule has 1 aromatic carbocycles.